The third-order valence-electron chi connectivity index (χ3n) is 4.99. The molecule has 0 atom stereocenters. The van der Waals surface area contributed by atoms with Crippen molar-refractivity contribution >= 4 is 37.5 Å². The second-order valence-electron chi connectivity index (χ2n) is 8.55. The highest BCUT2D eigenvalue weighted by molar-refractivity contribution is 7.95. The molecule has 32 heavy (non-hydrogen) atoms. The van der Waals surface area contributed by atoms with Gasteiger partial charge in [0.25, 0.3) is 0 Å². The van der Waals surface area contributed by atoms with Crippen LogP contribution in [0.4, 0.5) is 0 Å². The molecule has 0 saturated heterocycles. The summed E-state index contributed by atoms with van der Waals surface area (Å²) in [5, 5.41) is 3.77. The smallest absolute Gasteiger partial charge is 0.334 e. The van der Waals surface area contributed by atoms with Crippen molar-refractivity contribution in [3.63, 3.8) is 0 Å². The monoisotopic (exact) mass is 463 g/mol. The van der Waals surface area contributed by atoms with Crippen molar-refractivity contribution in [2.75, 3.05) is 12.8 Å². The highest BCUT2D eigenvalue weighted by Crippen LogP contribution is 2.56. The molecular formula is C27H32O3PSi+. The molecule has 5 heteroatoms. The lowest BCUT2D eigenvalue weighted by Crippen LogP contribution is -2.36. The molecular weight excluding hydrogens is 431 g/mol. The first-order valence-electron chi connectivity index (χ1n) is 11.0. The van der Waals surface area contributed by atoms with E-state index in [0.717, 1.165) is 0 Å². The molecule has 0 aliphatic carbocycles. The Labute approximate surface area is 193 Å². The quantitative estimate of drug-likeness (QED) is 0.142. The first-order valence-corrected chi connectivity index (χ1v) is 16.3. The number of esters is 1. The average Bonchev–Trinajstić information content (AvgIpc) is 2.78. The average molecular weight is 464 g/mol. The van der Waals surface area contributed by atoms with Gasteiger partial charge >= 0.3 is 5.97 Å². The van der Waals surface area contributed by atoms with Crippen molar-refractivity contribution in [2.45, 2.75) is 26.6 Å². The van der Waals surface area contributed by atoms with Gasteiger partial charge in [0.15, 0.2) is 0 Å². The Bertz CT molecular complexity index is 932. The summed E-state index contributed by atoms with van der Waals surface area (Å²) >= 11 is 0. The Morgan fingerprint density at radius 3 is 1.53 bits per heavy atom. The number of ether oxygens (including phenoxy) is 1. The van der Waals surface area contributed by atoms with Gasteiger partial charge in [0.05, 0.1) is 12.7 Å². The van der Waals surface area contributed by atoms with Crippen LogP contribution in [0.25, 0.3) is 0 Å². The van der Waals surface area contributed by atoms with E-state index in [1.165, 1.54) is 15.9 Å². The predicted molar refractivity (Wildman–Crippen MR) is 139 cm³/mol. The second-order valence-corrected chi connectivity index (χ2v) is 16.5. The molecule has 0 spiro atoms. The minimum absolute atomic E-state index is 0.339. The van der Waals surface area contributed by atoms with Crippen molar-refractivity contribution in [3.8, 4) is 0 Å². The highest BCUT2D eigenvalue weighted by Gasteiger charge is 2.47. The number of hydrogen-bond acceptors (Lipinski definition) is 3. The van der Waals surface area contributed by atoms with Crippen LogP contribution in [-0.2, 0) is 14.0 Å². The van der Waals surface area contributed by atoms with E-state index in [4.69, 9.17) is 9.16 Å². The molecule has 0 unspecified atom stereocenters. The Morgan fingerprint density at radius 2 is 1.19 bits per heavy atom. The van der Waals surface area contributed by atoms with Gasteiger partial charge in [0, 0.05) is 0 Å². The summed E-state index contributed by atoms with van der Waals surface area (Å²) in [6.45, 7) is 8.57. The van der Waals surface area contributed by atoms with Crippen LogP contribution in [0.3, 0.4) is 0 Å². The molecule has 0 aliphatic rings. The number of hydrogen-bond donors (Lipinski definition) is 0. The van der Waals surface area contributed by atoms with E-state index in [0.29, 0.717) is 18.5 Å². The summed E-state index contributed by atoms with van der Waals surface area (Å²) in [4.78, 5) is 12.5. The lowest BCUT2D eigenvalue weighted by Gasteiger charge is -2.30. The maximum Gasteiger partial charge on any atom is 0.334 e. The topological polar surface area (TPSA) is 35.5 Å². The minimum atomic E-state index is -2.15. The van der Waals surface area contributed by atoms with Crippen molar-refractivity contribution in [3.05, 3.63) is 103 Å². The normalized spacial score (nSPS) is 12.3. The van der Waals surface area contributed by atoms with Crippen LogP contribution in [0.5, 0.6) is 0 Å². The fourth-order valence-corrected chi connectivity index (χ4v) is 8.97. The van der Waals surface area contributed by atoms with Crippen LogP contribution in [0.2, 0.25) is 19.6 Å². The SMILES string of the molecule is CCOC(=O)/C=C(\C[P+](c1ccccc1)(c1ccccc1)c1ccccc1)O[Si](C)(C)C. The fourth-order valence-electron chi connectivity index (χ4n) is 3.82. The summed E-state index contributed by atoms with van der Waals surface area (Å²) in [6, 6.07) is 31.8. The van der Waals surface area contributed by atoms with Crippen LogP contribution < -0.4 is 15.9 Å². The standard InChI is InChI=1S/C27H32O3PSi/c1-5-29-27(28)21-23(30-32(2,3)4)22-31(24-15-9-6-10-16-24,25-17-11-7-12-18-25)26-19-13-8-14-20-26/h6-21H,5,22H2,1-4H3/q+1/b23-21+. The third kappa shape index (κ3) is 5.97. The van der Waals surface area contributed by atoms with Crippen molar-refractivity contribution < 1.29 is 14.0 Å². The summed E-state index contributed by atoms with van der Waals surface area (Å²) in [7, 11) is -4.12. The van der Waals surface area contributed by atoms with Gasteiger partial charge in [0.2, 0.25) is 8.32 Å². The van der Waals surface area contributed by atoms with Gasteiger partial charge in [-0.1, -0.05) is 54.6 Å². The van der Waals surface area contributed by atoms with Gasteiger partial charge in [-0.25, -0.2) is 4.79 Å². The lowest BCUT2D eigenvalue weighted by molar-refractivity contribution is -0.137. The first kappa shape index (κ1) is 24.0. The summed E-state index contributed by atoms with van der Waals surface area (Å²) in [6.07, 6.45) is 2.18. The Hall–Kier alpha value is -2.68. The molecule has 0 N–H and O–H groups in total. The molecule has 0 heterocycles. The molecule has 0 saturated carbocycles. The van der Waals surface area contributed by atoms with E-state index in [2.05, 4.69) is 92.4 Å². The van der Waals surface area contributed by atoms with Crippen molar-refractivity contribution in [2.24, 2.45) is 0 Å². The number of rotatable bonds is 9. The first-order chi connectivity index (χ1) is 15.3. The van der Waals surface area contributed by atoms with Crippen LogP contribution >= 0.6 is 7.26 Å². The van der Waals surface area contributed by atoms with E-state index in [1.54, 1.807) is 6.08 Å². The van der Waals surface area contributed by atoms with E-state index in [-0.39, 0.29) is 5.97 Å². The van der Waals surface area contributed by atoms with E-state index < -0.39 is 15.6 Å². The number of carbonyl (C=O) groups is 1. The number of allylic oxidation sites excluding steroid dienone is 1. The zero-order valence-electron chi connectivity index (χ0n) is 19.3. The minimum Gasteiger partial charge on any atom is -0.544 e. The fraction of sp³-hybridized carbons (Fsp3) is 0.222. The second kappa shape index (κ2) is 10.8. The molecule has 3 rings (SSSR count). The van der Waals surface area contributed by atoms with Crippen LogP contribution in [-0.4, -0.2) is 27.1 Å². The lowest BCUT2D eigenvalue weighted by atomic mass is 10.4. The molecule has 0 aromatic heterocycles. The largest absolute Gasteiger partial charge is 0.544 e. The Balaban J connectivity index is 2.26. The molecule has 3 aromatic rings. The van der Waals surface area contributed by atoms with Crippen molar-refractivity contribution in [1.29, 1.82) is 0 Å². The van der Waals surface area contributed by atoms with E-state index in [1.807, 2.05) is 25.1 Å². The predicted octanol–water partition coefficient (Wildman–Crippen LogP) is 5.28. The van der Waals surface area contributed by atoms with Gasteiger partial charge in [-0.3, -0.25) is 0 Å². The maximum atomic E-state index is 12.5. The molecule has 0 radical (unpaired) electrons. The highest BCUT2D eigenvalue weighted by atomic mass is 31.2. The van der Waals surface area contributed by atoms with Gasteiger partial charge in [-0.2, -0.15) is 0 Å². The van der Waals surface area contributed by atoms with Crippen LogP contribution in [0, 0.1) is 0 Å². The van der Waals surface area contributed by atoms with Gasteiger partial charge < -0.3 is 9.16 Å². The summed E-state index contributed by atoms with van der Waals surface area (Å²) < 4.78 is 11.8. The van der Waals surface area contributed by atoms with E-state index in [9.17, 15) is 4.79 Å². The van der Waals surface area contributed by atoms with E-state index >= 15 is 0 Å². The Morgan fingerprint density at radius 1 is 0.781 bits per heavy atom. The number of carbonyl (C=O) groups excluding carboxylic acids is 1. The molecule has 3 nitrogen and oxygen atoms in total. The molecule has 0 amide bonds. The zero-order valence-corrected chi connectivity index (χ0v) is 21.2. The van der Waals surface area contributed by atoms with Crippen LogP contribution in [0.15, 0.2) is 103 Å². The number of benzene rings is 3. The zero-order chi connectivity index (χ0) is 23.0. The molecule has 3 aromatic carbocycles. The van der Waals surface area contributed by atoms with Gasteiger partial charge in [0.1, 0.15) is 35.1 Å². The van der Waals surface area contributed by atoms with Crippen molar-refractivity contribution in [1.82, 2.24) is 0 Å². The van der Waals surface area contributed by atoms with Gasteiger partial charge in [-0.15, -0.1) is 0 Å². The summed E-state index contributed by atoms with van der Waals surface area (Å²) in [5.74, 6) is 0.348. The molecule has 0 bridgehead atoms. The molecule has 0 fully saturated rings. The summed E-state index contributed by atoms with van der Waals surface area (Å²) in [5.41, 5.74) is 0. The van der Waals surface area contributed by atoms with Gasteiger partial charge in [-0.05, 0) is 63.0 Å². The Kier molecular flexibility index (Phi) is 8.06. The molecule has 166 valence electrons. The third-order valence-corrected chi connectivity index (χ3v) is 10.2. The van der Waals surface area contributed by atoms with Crippen LogP contribution in [0.1, 0.15) is 6.92 Å². The maximum absolute atomic E-state index is 12.5. The molecule has 0 aliphatic heterocycles.